The van der Waals surface area contributed by atoms with Crippen molar-refractivity contribution in [1.82, 2.24) is 19.6 Å². The molecule has 3 rings (SSSR count). The lowest BCUT2D eigenvalue weighted by atomic mass is 9.99. The summed E-state index contributed by atoms with van der Waals surface area (Å²) >= 11 is 5.94. The maximum absolute atomic E-state index is 13.0. The number of hydrogen-bond acceptors (Lipinski definition) is 5. The highest BCUT2D eigenvalue weighted by atomic mass is 35.5. The smallest absolute Gasteiger partial charge is 0.325 e. The lowest BCUT2D eigenvalue weighted by molar-refractivity contribution is -0.126. The molecule has 156 valence electrons. The monoisotopic (exact) mass is 440 g/mol. The van der Waals surface area contributed by atoms with Crippen molar-refractivity contribution in [3.05, 3.63) is 61.4 Å². The molecule has 11 heteroatoms. The molecule has 1 saturated heterocycles. The molecule has 1 aliphatic heterocycles. The molecule has 1 fully saturated rings. The maximum Gasteiger partial charge on any atom is 0.325 e. The molecule has 0 aliphatic carbocycles. The van der Waals surface area contributed by atoms with Crippen LogP contribution in [-0.2, 0) is 21.4 Å². The molecule has 1 atom stereocenters. The van der Waals surface area contributed by atoms with Crippen LogP contribution in [0.3, 0.4) is 0 Å². The molecule has 29 heavy (non-hydrogen) atoms. The van der Waals surface area contributed by atoms with Gasteiger partial charge in [0.05, 0.1) is 5.92 Å². The van der Waals surface area contributed by atoms with Gasteiger partial charge in [0.1, 0.15) is 0 Å². The largest absolute Gasteiger partial charge is 0.352 e. The highest BCUT2D eigenvalue weighted by Gasteiger charge is 2.35. The van der Waals surface area contributed by atoms with Crippen molar-refractivity contribution in [3.8, 4) is 0 Å². The van der Waals surface area contributed by atoms with Crippen LogP contribution in [0, 0.1) is 12.8 Å². The van der Waals surface area contributed by atoms with Gasteiger partial charge in [0.15, 0.2) is 4.90 Å². The highest BCUT2D eigenvalue weighted by Crippen LogP contribution is 2.23. The number of aromatic nitrogens is 2. The summed E-state index contributed by atoms with van der Waals surface area (Å²) in [6.07, 6.45) is 1.02. The van der Waals surface area contributed by atoms with E-state index in [1.54, 1.807) is 18.2 Å². The Kier molecular flexibility index (Phi) is 6.25. The Bertz CT molecular complexity index is 1140. The number of halogens is 1. The first kappa shape index (κ1) is 21.3. The van der Waals surface area contributed by atoms with Crippen LogP contribution < -0.4 is 16.6 Å². The zero-order valence-corrected chi connectivity index (χ0v) is 17.3. The first-order valence-corrected chi connectivity index (χ1v) is 10.9. The number of hydrogen-bond donors (Lipinski definition) is 3. The average Bonchev–Trinajstić information content (AvgIpc) is 2.65. The number of nitrogens with one attached hydrogen (secondary N) is 3. The predicted octanol–water partition coefficient (Wildman–Crippen LogP) is 0.742. The number of benzene rings is 1. The van der Waals surface area contributed by atoms with Crippen LogP contribution in [0.2, 0.25) is 5.02 Å². The third-order valence-corrected chi connectivity index (χ3v) is 7.04. The van der Waals surface area contributed by atoms with E-state index in [4.69, 9.17) is 11.6 Å². The SMILES string of the molecule is Cc1[nH]c(=O)[nH]c(=O)c1S(=O)(=O)N1CCC[C@H](C(=O)NCc2cccc(Cl)c2)C1. The third-order valence-electron chi connectivity index (χ3n) is 4.78. The van der Waals surface area contributed by atoms with Gasteiger partial charge in [-0.2, -0.15) is 4.31 Å². The van der Waals surface area contributed by atoms with Crippen LogP contribution in [0.5, 0.6) is 0 Å². The number of aryl methyl sites for hydroxylation is 1. The summed E-state index contributed by atoms with van der Waals surface area (Å²) in [6.45, 7) is 1.78. The Hall–Kier alpha value is -2.43. The molecular weight excluding hydrogens is 420 g/mol. The summed E-state index contributed by atoms with van der Waals surface area (Å²) in [5.41, 5.74) is -0.949. The van der Waals surface area contributed by atoms with Gasteiger partial charge in [0.25, 0.3) is 5.56 Å². The number of rotatable bonds is 5. The molecule has 0 bridgehead atoms. The zero-order chi connectivity index (χ0) is 21.2. The van der Waals surface area contributed by atoms with Crippen molar-refractivity contribution in [2.24, 2.45) is 5.92 Å². The third kappa shape index (κ3) is 4.77. The fourth-order valence-corrected chi connectivity index (χ4v) is 5.32. The molecule has 2 heterocycles. The maximum atomic E-state index is 13.0. The molecule has 9 nitrogen and oxygen atoms in total. The Morgan fingerprint density at radius 1 is 1.31 bits per heavy atom. The summed E-state index contributed by atoms with van der Waals surface area (Å²) in [5, 5.41) is 3.37. The normalized spacial score (nSPS) is 17.8. The Labute approximate surface area is 172 Å². The molecule has 1 aromatic heterocycles. The van der Waals surface area contributed by atoms with E-state index in [1.807, 2.05) is 11.1 Å². The molecule has 2 aromatic rings. The molecule has 3 N–H and O–H groups in total. The lowest BCUT2D eigenvalue weighted by Gasteiger charge is -2.31. The van der Waals surface area contributed by atoms with Crippen molar-refractivity contribution in [3.63, 3.8) is 0 Å². The average molecular weight is 441 g/mol. The number of carbonyl (C=O) groups excluding carboxylic acids is 1. The number of nitrogens with zero attached hydrogens (tertiary/aromatic N) is 1. The Morgan fingerprint density at radius 3 is 2.76 bits per heavy atom. The topological polar surface area (TPSA) is 132 Å². The molecule has 1 aromatic carbocycles. The number of aromatic amines is 2. The van der Waals surface area contributed by atoms with Gasteiger partial charge < -0.3 is 10.3 Å². The van der Waals surface area contributed by atoms with Crippen LogP contribution in [0.1, 0.15) is 24.1 Å². The van der Waals surface area contributed by atoms with Crippen LogP contribution >= 0.6 is 11.6 Å². The second-order valence-corrected chi connectivity index (χ2v) is 9.22. The van der Waals surface area contributed by atoms with E-state index in [1.165, 1.54) is 6.92 Å². The summed E-state index contributed by atoms with van der Waals surface area (Å²) < 4.78 is 27.0. The molecule has 0 spiro atoms. The number of carbonyl (C=O) groups is 1. The first-order valence-electron chi connectivity index (χ1n) is 9.04. The summed E-state index contributed by atoms with van der Waals surface area (Å²) in [6, 6.07) is 7.08. The van der Waals surface area contributed by atoms with E-state index in [-0.39, 0.29) is 31.2 Å². The lowest BCUT2D eigenvalue weighted by Crippen LogP contribution is -2.46. The van der Waals surface area contributed by atoms with Crippen molar-refractivity contribution in [2.45, 2.75) is 31.2 Å². The van der Waals surface area contributed by atoms with E-state index >= 15 is 0 Å². The fourth-order valence-electron chi connectivity index (χ4n) is 3.38. The highest BCUT2D eigenvalue weighted by molar-refractivity contribution is 7.89. The van der Waals surface area contributed by atoms with Gasteiger partial charge in [-0.1, -0.05) is 23.7 Å². The van der Waals surface area contributed by atoms with Gasteiger partial charge in [0.2, 0.25) is 15.9 Å². The first-order chi connectivity index (χ1) is 13.7. The van der Waals surface area contributed by atoms with E-state index in [9.17, 15) is 22.8 Å². The minimum Gasteiger partial charge on any atom is -0.352 e. The molecule has 1 amide bonds. The zero-order valence-electron chi connectivity index (χ0n) is 15.7. The number of amides is 1. The van der Waals surface area contributed by atoms with E-state index in [2.05, 4.69) is 10.3 Å². The quantitative estimate of drug-likeness (QED) is 0.630. The van der Waals surface area contributed by atoms with Gasteiger partial charge in [-0.3, -0.25) is 14.6 Å². The van der Waals surface area contributed by atoms with E-state index < -0.39 is 32.1 Å². The molecule has 1 aliphatic rings. The fraction of sp³-hybridized carbons (Fsp3) is 0.389. The standard InChI is InChI=1S/C18H21ClN4O5S/c1-11-15(17(25)22-18(26)21-11)29(27,28)23-7-3-5-13(10-23)16(24)20-9-12-4-2-6-14(19)8-12/h2,4,6,8,13H,3,5,7,9-10H2,1H3,(H,20,24)(H2,21,22,25,26)/t13-/m0/s1. The van der Waals surface area contributed by atoms with E-state index in [0.717, 1.165) is 9.87 Å². The Morgan fingerprint density at radius 2 is 2.07 bits per heavy atom. The summed E-state index contributed by atoms with van der Waals surface area (Å²) in [4.78, 5) is 39.7. The van der Waals surface area contributed by atoms with Gasteiger partial charge >= 0.3 is 5.69 Å². The van der Waals surface area contributed by atoms with Gasteiger partial charge in [-0.05, 0) is 37.5 Å². The van der Waals surface area contributed by atoms with Crippen LogP contribution in [0.25, 0.3) is 0 Å². The number of sulfonamides is 1. The second kappa shape index (κ2) is 8.52. The molecule has 0 saturated carbocycles. The van der Waals surface area contributed by atoms with Gasteiger partial charge in [-0.25, -0.2) is 13.2 Å². The van der Waals surface area contributed by atoms with Crippen molar-refractivity contribution in [1.29, 1.82) is 0 Å². The summed E-state index contributed by atoms with van der Waals surface area (Å²) in [7, 11) is -4.16. The second-order valence-electron chi connectivity index (χ2n) is 6.91. The van der Waals surface area contributed by atoms with Crippen molar-refractivity contribution in [2.75, 3.05) is 13.1 Å². The van der Waals surface area contributed by atoms with Crippen molar-refractivity contribution >= 4 is 27.5 Å². The van der Waals surface area contributed by atoms with E-state index in [0.29, 0.717) is 17.9 Å². The van der Waals surface area contributed by atoms with Crippen LogP contribution in [0.4, 0.5) is 0 Å². The minimum absolute atomic E-state index is 0.0359. The molecular formula is C18H21ClN4O5S. The Balaban J connectivity index is 1.74. The van der Waals surface area contributed by atoms with Gasteiger partial charge in [-0.15, -0.1) is 0 Å². The predicted molar refractivity (Wildman–Crippen MR) is 107 cm³/mol. The van der Waals surface area contributed by atoms with Crippen LogP contribution in [0.15, 0.2) is 38.8 Å². The van der Waals surface area contributed by atoms with Crippen molar-refractivity contribution < 1.29 is 13.2 Å². The summed E-state index contributed by atoms with van der Waals surface area (Å²) in [5.74, 6) is -0.808. The van der Waals surface area contributed by atoms with Crippen LogP contribution in [-0.4, -0.2) is 41.7 Å². The molecule has 0 unspecified atom stereocenters. The molecule has 0 radical (unpaired) electrons. The number of H-pyrrole nitrogens is 2. The van der Waals surface area contributed by atoms with Gasteiger partial charge in [0, 0.05) is 30.4 Å². The minimum atomic E-state index is -4.16. The number of piperidine rings is 1.